The summed E-state index contributed by atoms with van der Waals surface area (Å²) >= 11 is 0. The fourth-order valence-corrected chi connectivity index (χ4v) is 2.84. The maximum absolute atomic E-state index is 6.10. The molecule has 1 aromatic heterocycles. The van der Waals surface area contributed by atoms with Crippen molar-refractivity contribution in [3.63, 3.8) is 0 Å². The van der Waals surface area contributed by atoms with Crippen LogP contribution in [0.5, 0.6) is 0 Å². The van der Waals surface area contributed by atoms with E-state index < -0.39 is 0 Å². The second-order valence-corrected chi connectivity index (χ2v) is 5.64. The normalized spacial score (nSPS) is 17.1. The van der Waals surface area contributed by atoms with Crippen LogP contribution in [0, 0.1) is 0 Å². The maximum atomic E-state index is 6.10. The Morgan fingerprint density at radius 3 is 2.67 bits per heavy atom. The van der Waals surface area contributed by atoms with Crippen LogP contribution in [0.3, 0.4) is 0 Å². The summed E-state index contributed by atoms with van der Waals surface area (Å²) in [6, 6.07) is 10.2. The lowest BCUT2D eigenvalue weighted by Crippen LogP contribution is -2.38. The molecule has 2 aromatic rings. The zero-order valence-electron chi connectivity index (χ0n) is 12.4. The molecule has 3 rings (SSSR count). The number of aliphatic imine (C=N–C) groups is 1. The minimum absolute atomic E-state index is 0.683. The van der Waals surface area contributed by atoms with E-state index in [4.69, 9.17) is 10.2 Å². The van der Waals surface area contributed by atoms with E-state index in [0.29, 0.717) is 12.5 Å². The molecule has 1 fully saturated rings. The number of furan rings is 1. The van der Waals surface area contributed by atoms with Gasteiger partial charge in [-0.15, -0.1) is 0 Å². The van der Waals surface area contributed by atoms with E-state index in [-0.39, 0.29) is 0 Å². The van der Waals surface area contributed by atoms with Gasteiger partial charge in [-0.3, -0.25) is 4.99 Å². The van der Waals surface area contributed by atoms with Crippen LogP contribution in [0.15, 0.2) is 39.7 Å². The largest absolute Gasteiger partial charge is 0.461 e. The highest BCUT2D eigenvalue weighted by atomic mass is 16.3. The molecule has 1 aliphatic rings. The number of guanidine groups is 1. The summed E-state index contributed by atoms with van der Waals surface area (Å²) in [4.78, 5) is 6.73. The van der Waals surface area contributed by atoms with Crippen molar-refractivity contribution in [2.45, 2.75) is 32.1 Å². The van der Waals surface area contributed by atoms with Gasteiger partial charge in [0.15, 0.2) is 5.96 Å². The minimum atomic E-state index is 0.683. The molecule has 2 N–H and O–H groups in total. The lowest BCUT2D eigenvalue weighted by atomic mass is 10.2. The van der Waals surface area contributed by atoms with Gasteiger partial charge in [0, 0.05) is 31.4 Å². The van der Waals surface area contributed by atoms with Gasteiger partial charge in [0.25, 0.3) is 0 Å². The Morgan fingerprint density at radius 1 is 1.14 bits per heavy atom. The van der Waals surface area contributed by atoms with Crippen LogP contribution < -0.4 is 5.73 Å². The number of benzene rings is 1. The molecule has 0 bridgehead atoms. The van der Waals surface area contributed by atoms with Crippen molar-refractivity contribution < 1.29 is 4.42 Å². The van der Waals surface area contributed by atoms with Crippen LogP contribution in [0.1, 0.15) is 31.4 Å². The fraction of sp³-hybridized carbons (Fsp3) is 0.471. The number of para-hydroxylation sites is 1. The molecule has 2 heterocycles. The molecule has 4 heteroatoms. The van der Waals surface area contributed by atoms with Crippen molar-refractivity contribution in [1.29, 1.82) is 0 Å². The average molecular weight is 285 g/mol. The molecule has 0 radical (unpaired) electrons. The molecule has 0 amide bonds. The van der Waals surface area contributed by atoms with E-state index in [1.165, 1.54) is 25.7 Å². The topological polar surface area (TPSA) is 54.8 Å². The van der Waals surface area contributed by atoms with E-state index in [9.17, 15) is 0 Å². The monoisotopic (exact) mass is 285 g/mol. The number of likely N-dealkylation sites (tertiary alicyclic amines) is 1. The summed E-state index contributed by atoms with van der Waals surface area (Å²) in [5.74, 6) is 1.66. The van der Waals surface area contributed by atoms with Crippen molar-refractivity contribution in [2.24, 2.45) is 10.7 Å². The van der Waals surface area contributed by atoms with Gasteiger partial charge < -0.3 is 15.1 Å². The number of nitrogens with two attached hydrogens (primary N) is 1. The summed E-state index contributed by atoms with van der Waals surface area (Å²) in [6.45, 7) is 2.77. The Hall–Kier alpha value is -1.97. The highest BCUT2D eigenvalue weighted by molar-refractivity contribution is 5.78. The van der Waals surface area contributed by atoms with E-state index >= 15 is 0 Å². The molecular formula is C17H23N3O. The SMILES string of the molecule is NC(=NCCc1cc2ccccc2o1)N1CCCCCC1. The minimum Gasteiger partial charge on any atom is -0.461 e. The molecule has 1 aromatic carbocycles. The molecule has 0 saturated carbocycles. The third kappa shape index (κ3) is 3.57. The molecule has 1 aliphatic heterocycles. The maximum Gasteiger partial charge on any atom is 0.191 e. The van der Waals surface area contributed by atoms with Crippen LogP contribution in [0.2, 0.25) is 0 Å². The van der Waals surface area contributed by atoms with Gasteiger partial charge in [-0.1, -0.05) is 31.0 Å². The van der Waals surface area contributed by atoms with Gasteiger partial charge >= 0.3 is 0 Å². The van der Waals surface area contributed by atoms with E-state index in [1.54, 1.807) is 0 Å². The summed E-state index contributed by atoms with van der Waals surface area (Å²) in [6.07, 6.45) is 5.86. The first kappa shape index (κ1) is 14.0. The molecule has 4 nitrogen and oxygen atoms in total. The van der Waals surface area contributed by atoms with Gasteiger partial charge in [-0.2, -0.15) is 0 Å². The third-order valence-electron chi connectivity index (χ3n) is 4.04. The Bertz CT molecular complexity index is 576. The van der Waals surface area contributed by atoms with Crippen LogP contribution >= 0.6 is 0 Å². The number of fused-ring (bicyclic) bond motifs is 1. The second-order valence-electron chi connectivity index (χ2n) is 5.64. The predicted octanol–water partition coefficient (Wildman–Crippen LogP) is 3.17. The fourth-order valence-electron chi connectivity index (χ4n) is 2.84. The van der Waals surface area contributed by atoms with Gasteiger partial charge in [0.2, 0.25) is 0 Å². The van der Waals surface area contributed by atoms with Crippen molar-refractivity contribution >= 4 is 16.9 Å². The first-order chi connectivity index (χ1) is 10.3. The van der Waals surface area contributed by atoms with Gasteiger partial charge in [0.05, 0.1) is 0 Å². The molecular weight excluding hydrogens is 262 g/mol. The predicted molar refractivity (Wildman–Crippen MR) is 86.4 cm³/mol. The van der Waals surface area contributed by atoms with Crippen LogP contribution in [0.4, 0.5) is 0 Å². The Morgan fingerprint density at radius 2 is 1.90 bits per heavy atom. The van der Waals surface area contributed by atoms with Gasteiger partial charge in [0.1, 0.15) is 11.3 Å². The van der Waals surface area contributed by atoms with Crippen LogP contribution in [0.25, 0.3) is 11.0 Å². The molecule has 0 aliphatic carbocycles. The first-order valence-corrected chi connectivity index (χ1v) is 7.85. The summed E-state index contributed by atoms with van der Waals surface area (Å²) in [7, 11) is 0. The molecule has 0 unspecified atom stereocenters. The van der Waals surface area contributed by atoms with Crippen molar-refractivity contribution in [1.82, 2.24) is 4.90 Å². The second kappa shape index (κ2) is 6.66. The van der Waals surface area contributed by atoms with Gasteiger partial charge in [-0.25, -0.2) is 0 Å². The third-order valence-corrected chi connectivity index (χ3v) is 4.04. The van der Waals surface area contributed by atoms with Crippen LogP contribution in [-0.2, 0) is 6.42 Å². The zero-order chi connectivity index (χ0) is 14.5. The Kier molecular flexibility index (Phi) is 4.43. The lowest BCUT2D eigenvalue weighted by Gasteiger charge is -2.20. The molecule has 21 heavy (non-hydrogen) atoms. The Labute approximate surface area is 125 Å². The number of rotatable bonds is 3. The standard InChI is InChI=1S/C17H23N3O/c18-17(20-11-5-1-2-6-12-20)19-10-9-15-13-14-7-3-4-8-16(14)21-15/h3-4,7-8,13H,1-2,5-6,9-12H2,(H2,18,19). The molecule has 0 atom stereocenters. The number of nitrogens with zero attached hydrogens (tertiary/aromatic N) is 2. The van der Waals surface area contributed by atoms with E-state index in [1.807, 2.05) is 18.2 Å². The first-order valence-electron chi connectivity index (χ1n) is 7.85. The summed E-state index contributed by atoms with van der Waals surface area (Å²) in [5.41, 5.74) is 7.04. The lowest BCUT2D eigenvalue weighted by molar-refractivity contribution is 0.428. The highest BCUT2D eigenvalue weighted by Gasteiger charge is 2.10. The van der Waals surface area contributed by atoms with Crippen molar-refractivity contribution in [3.8, 4) is 0 Å². The van der Waals surface area contributed by atoms with Crippen molar-refractivity contribution in [3.05, 3.63) is 36.1 Å². The van der Waals surface area contributed by atoms with Gasteiger partial charge in [-0.05, 0) is 25.0 Å². The van der Waals surface area contributed by atoms with E-state index in [0.717, 1.165) is 36.2 Å². The quantitative estimate of drug-likeness (QED) is 0.696. The molecule has 0 spiro atoms. The molecule has 1 saturated heterocycles. The Balaban J connectivity index is 1.57. The smallest absolute Gasteiger partial charge is 0.191 e. The molecule has 112 valence electrons. The number of hydrogen-bond acceptors (Lipinski definition) is 2. The van der Waals surface area contributed by atoms with E-state index in [2.05, 4.69) is 22.0 Å². The number of hydrogen-bond donors (Lipinski definition) is 1. The van der Waals surface area contributed by atoms with Crippen LogP contribution in [-0.4, -0.2) is 30.5 Å². The average Bonchev–Trinajstić information content (AvgIpc) is 2.71. The summed E-state index contributed by atoms with van der Waals surface area (Å²) in [5, 5.41) is 1.15. The highest BCUT2D eigenvalue weighted by Crippen LogP contribution is 2.19. The summed E-state index contributed by atoms with van der Waals surface area (Å²) < 4.78 is 5.79. The zero-order valence-corrected chi connectivity index (χ0v) is 12.4. The van der Waals surface area contributed by atoms with Crippen molar-refractivity contribution in [2.75, 3.05) is 19.6 Å².